The summed E-state index contributed by atoms with van der Waals surface area (Å²) in [5.41, 5.74) is 1.49. The third-order valence-electron chi connectivity index (χ3n) is 3.62. The minimum absolute atomic E-state index is 0.102. The Morgan fingerprint density at radius 3 is 2.52 bits per heavy atom. The monoisotopic (exact) mass is 409 g/mol. The summed E-state index contributed by atoms with van der Waals surface area (Å²) in [4.78, 5) is 12.2. The van der Waals surface area contributed by atoms with E-state index >= 15 is 0 Å². The van der Waals surface area contributed by atoms with Crippen LogP contribution in [0.3, 0.4) is 0 Å². The van der Waals surface area contributed by atoms with Gasteiger partial charge in [-0.1, -0.05) is 23.7 Å². The van der Waals surface area contributed by atoms with Crippen LogP contribution in [0.15, 0.2) is 36.4 Å². The fraction of sp³-hybridized carbons (Fsp3) is 0.350. The standard InChI is InChI=1S/C20H24ClNO4S/c1-4-25-17-7-5-6-8-18(17)26-9-10-27-13-20(23)22-16-11-14(2)15(21)12-19(16)24-3/h5-8,11-12H,4,9-10,13H2,1-3H3,(H,22,23). The minimum atomic E-state index is -0.102. The van der Waals surface area contributed by atoms with Crippen LogP contribution in [0.1, 0.15) is 12.5 Å². The normalized spacial score (nSPS) is 10.4. The molecule has 0 atom stereocenters. The van der Waals surface area contributed by atoms with Gasteiger partial charge in [-0.15, -0.1) is 11.8 Å². The smallest absolute Gasteiger partial charge is 0.234 e. The van der Waals surface area contributed by atoms with Crippen LogP contribution < -0.4 is 19.5 Å². The van der Waals surface area contributed by atoms with Crippen LogP contribution in [0, 0.1) is 6.92 Å². The largest absolute Gasteiger partial charge is 0.495 e. The summed E-state index contributed by atoms with van der Waals surface area (Å²) in [6.45, 7) is 4.89. The molecule has 0 aromatic heterocycles. The zero-order valence-corrected chi connectivity index (χ0v) is 17.3. The number of halogens is 1. The number of methoxy groups -OCH3 is 1. The van der Waals surface area contributed by atoms with E-state index in [4.69, 9.17) is 25.8 Å². The van der Waals surface area contributed by atoms with Gasteiger partial charge in [0.2, 0.25) is 5.91 Å². The molecule has 0 unspecified atom stereocenters. The Hall–Kier alpha value is -2.05. The maximum absolute atomic E-state index is 12.2. The Morgan fingerprint density at radius 2 is 1.85 bits per heavy atom. The Morgan fingerprint density at radius 1 is 1.15 bits per heavy atom. The van der Waals surface area contributed by atoms with Crippen molar-refractivity contribution in [3.8, 4) is 17.2 Å². The van der Waals surface area contributed by atoms with Gasteiger partial charge in [-0.05, 0) is 37.6 Å². The number of para-hydroxylation sites is 2. The highest BCUT2D eigenvalue weighted by atomic mass is 35.5. The quantitative estimate of drug-likeness (QED) is 0.571. The highest BCUT2D eigenvalue weighted by Crippen LogP contribution is 2.31. The number of carbonyl (C=O) groups excluding carboxylic acids is 1. The molecule has 1 N–H and O–H groups in total. The van der Waals surface area contributed by atoms with Crippen LogP contribution in [0.5, 0.6) is 17.2 Å². The lowest BCUT2D eigenvalue weighted by Gasteiger charge is -2.13. The molecule has 2 aromatic rings. The van der Waals surface area contributed by atoms with Crippen molar-refractivity contribution in [2.24, 2.45) is 0 Å². The second kappa shape index (κ2) is 10.9. The number of thioether (sulfide) groups is 1. The van der Waals surface area contributed by atoms with Crippen molar-refractivity contribution in [3.63, 3.8) is 0 Å². The number of aryl methyl sites for hydroxylation is 1. The second-order valence-corrected chi connectivity index (χ2v) is 7.14. The van der Waals surface area contributed by atoms with Gasteiger partial charge in [-0.2, -0.15) is 0 Å². The fourth-order valence-corrected chi connectivity index (χ4v) is 3.09. The molecule has 0 spiro atoms. The van der Waals surface area contributed by atoms with Gasteiger partial charge in [-0.25, -0.2) is 0 Å². The van der Waals surface area contributed by atoms with Gasteiger partial charge < -0.3 is 19.5 Å². The van der Waals surface area contributed by atoms with E-state index in [0.717, 1.165) is 11.3 Å². The highest BCUT2D eigenvalue weighted by Gasteiger charge is 2.10. The van der Waals surface area contributed by atoms with Gasteiger partial charge in [0.1, 0.15) is 5.75 Å². The molecule has 0 saturated carbocycles. The van der Waals surface area contributed by atoms with Crippen molar-refractivity contribution in [2.45, 2.75) is 13.8 Å². The van der Waals surface area contributed by atoms with E-state index in [0.29, 0.717) is 46.9 Å². The maximum atomic E-state index is 12.2. The fourth-order valence-electron chi connectivity index (χ4n) is 2.34. The maximum Gasteiger partial charge on any atom is 0.234 e. The predicted molar refractivity (Wildman–Crippen MR) is 112 cm³/mol. The number of carbonyl (C=O) groups is 1. The first kappa shape index (κ1) is 21.3. The number of hydrogen-bond acceptors (Lipinski definition) is 5. The molecule has 1 amide bonds. The van der Waals surface area contributed by atoms with Gasteiger partial charge in [0, 0.05) is 16.8 Å². The van der Waals surface area contributed by atoms with Crippen molar-refractivity contribution < 1.29 is 19.0 Å². The zero-order valence-electron chi connectivity index (χ0n) is 15.7. The molecular weight excluding hydrogens is 386 g/mol. The van der Waals surface area contributed by atoms with Crippen LogP contribution in [0.4, 0.5) is 5.69 Å². The van der Waals surface area contributed by atoms with Gasteiger partial charge in [0.15, 0.2) is 11.5 Å². The van der Waals surface area contributed by atoms with Gasteiger partial charge in [-0.3, -0.25) is 4.79 Å². The Bertz CT molecular complexity index is 770. The number of hydrogen-bond donors (Lipinski definition) is 1. The number of amides is 1. The SMILES string of the molecule is CCOc1ccccc1OCCSCC(=O)Nc1cc(C)c(Cl)cc1OC. The minimum Gasteiger partial charge on any atom is -0.495 e. The van der Waals surface area contributed by atoms with Crippen LogP contribution in [0.2, 0.25) is 5.02 Å². The molecule has 0 bridgehead atoms. The molecule has 0 saturated heterocycles. The predicted octanol–water partition coefficient (Wildman–Crippen LogP) is 4.81. The van der Waals surface area contributed by atoms with Crippen LogP contribution in [-0.4, -0.2) is 37.7 Å². The number of rotatable bonds is 10. The first-order chi connectivity index (χ1) is 13.0. The van der Waals surface area contributed by atoms with Crippen LogP contribution >= 0.6 is 23.4 Å². The average molecular weight is 410 g/mol. The van der Waals surface area contributed by atoms with Gasteiger partial charge >= 0.3 is 0 Å². The first-order valence-electron chi connectivity index (χ1n) is 8.61. The topological polar surface area (TPSA) is 56.8 Å². The van der Waals surface area contributed by atoms with E-state index in [-0.39, 0.29) is 5.91 Å². The van der Waals surface area contributed by atoms with E-state index in [2.05, 4.69) is 5.32 Å². The lowest BCUT2D eigenvalue weighted by molar-refractivity contribution is -0.113. The van der Waals surface area contributed by atoms with Crippen molar-refractivity contribution in [1.82, 2.24) is 0 Å². The molecule has 0 heterocycles. The van der Waals surface area contributed by atoms with E-state index in [1.165, 1.54) is 11.8 Å². The molecule has 0 radical (unpaired) electrons. The Kier molecular flexibility index (Phi) is 8.61. The van der Waals surface area contributed by atoms with Gasteiger partial charge in [0.25, 0.3) is 0 Å². The van der Waals surface area contributed by atoms with Crippen molar-refractivity contribution >= 4 is 35.0 Å². The lowest BCUT2D eigenvalue weighted by Crippen LogP contribution is -2.16. The summed E-state index contributed by atoms with van der Waals surface area (Å²) in [6, 6.07) is 11.1. The lowest BCUT2D eigenvalue weighted by atomic mass is 10.2. The second-order valence-electron chi connectivity index (χ2n) is 5.63. The van der Waals surface area contributed by atoms with E-state index < -0.39 is 0 Å². The Balaban J connectivity index is 1.76. The molecule has 2 aromatic carbocycles. The van der Waals surface area contributed by atoms with E-state index in [9.17, 15) is 4.79 Å². The number of anilines is 1. The first-order valence-corrected chi connectivity index (χ1v) is 10.1. The average Bonchev–Trinajstić information content (AvgIpc) is 2.65. The molecule has 146 valence electrons. The van der Waals surface area contributed by atoms with Crippen molar-refractivity contribution in [3.05, 3.63) is 47.0 Å². The molecule has 0 aliphatic rings. The highest BCUT2D eigenvalue weighted by molar-refractivity contribution is 7.99. The summed E-state index contributed by atoms with van der Waals surface area (Å²) >= 11 is 7.58. The molecule has 0 fully saturated rings. The number of benzene rings is 2. The summed E-state index contributed by atoms with van der Waals surface area (Å²) in [5.74, 6) is 2.89. The van der Waals surface area contributed by atoms with Crippen LogP contribution in [-0.2, 0) is 4.79 Å². The van der Waals surface area contributed by atoms with E-state index in [1.54, 1.807) is 19.2 Å². The summed E-state index contributed by atoms with van der Waals surface area (Å²) < 4.78 is 16.5. The number of nitrogens with one attached hydrogen (secondary N) is 1. The summed E-state index contributed by atoms with van der Waals surface area (Å²) in [6.07, 6.45) is 0. The molecule has 5 nitrogen and oxygen atoms in total. The molecule has 0 aliphatic heterocycles. The third kappa shape index (κ3) is 6.56. The Labute approximate surface area is 169 Å². The number of ether oxygens (including phenoxy) is 3. The molecular formula is C20H24ClNO4S. The van der Waals surface area contributed by atoms with Crippen molar-refractivity contribution in [2.75, 3.05) is 37.1 Å². The summed E-state index contributed by atoms with van der Waals surface area (Å²) in [7, 11) is 1.54. The molecule has 0 aliphatic carbocycles. The molecule has 2 rings (SSSR count). The van der Waals surface area contributed by atoms with Crippen LogP contribution in [0.25, 0.3) is 0 Å². The third-order valence-corrected chi connectivity index (χ3v) is 4.95. The summed E-state index contributed by atoms with van der Waals surface area (Å²) in [5, 5.41) is 3.46. The molecule has 7 heteroatoms. The van der Waals surface area contributed by atoms with E-state index in [1.807, 2.05) is 38.1 Å². The van der Waals surface area contributed by atoms with Crippen molar-refractivity contribution in [1.29, 1.82) is 0 Å². The molecule has 27 heavy (non-hydrogen) atoms. The zero-order chi connectivity index (χ0) is 19.6. The van der Waals surface area contributed by atoms with Gasteiger partial charge in [0.05, 0.1) is 31.8 Å².